The molecular formula is C17H15FN2O4. The van der Waals surface area contributed by atoms with Crippen molar-refractivity contribution in [3.8, 4) is 11.8 Å². The van der Waals surface area contributed by atoms with Crippen LogP contribution < -0.4 is 10.1 Å². The van der Waals surface area contributed by atoms with Gasteiger partial charge >= 0.3 is 6.08 Å². The summed E-state index contributed by atoms with van der Waals surface area (Å²) in [5.41, 5.74) is 1.11. The van der Waals surface area contributed by atoms with Crippen molar-refractivity contribution in [2.75, 3.05) is 6.54 Å². The standard InChI is InChI=1S/C17H15FN2O4/c1-10(21)9-19-16(22)11-3-2-4-13(7-11)23-17-20-14-8-12(18)5-6-15(14)24-17/h2-8,10,21H,9H2,1H3,(H,19,22)/t10-/m1/s1. The molecule has 124 valence electrons. The van der Waals surface area contributed by atoms with Gasteiger partial charge in [0.1, 0.15) is 17.1 Å². The highest BCUT2D eigenvalue weighted by Crippen LogP contribution is 2.26. The van der Waals surface area contributed by atoms with Gasteiger partial charge in [-0.15, -0.1) is 0 Å². The molecule has 1 heterocycles. The zero-order chi connectivity index (χ0) is 17.1. The highest BCUT2D eigenvalue weighted by molar-refractivity contribution is 5.94. The van der Waals surface area contributed by atoms with Crippen LogP contribution in [0.15, 0.2) is 46.9 Å². The SMILES string of the molecule is C[C@@H](O)CNC(=O)c1cccc(Oc2nc3cc(F)ccc3o2)c1. The Bertz CT molecular complexity index is 876. The average molecular weight is 330 g/mol. The number of rotatable bonds is 5. The van der Waals surface area contributed by atoms with Crippen LogP contribution in [-0.4, -0.2) is 28.6 Å². The molecule has 1 atom stereocenters. The van der Waals surface area contributed by atoms with Crippen LogP contribution in [0.3, 0.4) is 0 Å². The van der Waals surface area contributed by atoms with E-state index in [0.717, 1.165) is 0 Å². The summed E-state index contributed by atoms with van der Waals surface area (Å²) in [4.78, 5) is 16.0. The second kappa shape index (κ2) is 6.67. The highest BCUT2D eigenvalue weighted by atomic mass is 19.1. The van der Waals surface area contributed by atoms with Crippen molar-refractivity contribution in [3.05, 3.63) is 53.8 Å². The Hall–Kier alpha value is -2.93. The van der Waals surface area contributed by atoms with Crippen LogP contribution in [0.25, 0.3) is 11.1 Å². The predicted molar refractivity (Wildman–Crippen MR) is 84.5 cm³/mol. The number of hydrogen-bond acceptors (Lipinski definition) is 5. The lowest BCUT2D eigenvalue weighted by Gasteiger charge is -2.08. The minimum absolute atomic E-state index is 0.0443. The molecule has 6 nitrogen and oxygen atoms in total. The average Bonchev–Trinajstić information content (AvgIpc) is 2.94. The number of aromatic nitrogens is 1. The second-order valence-electron chi connectivity index (χ2n) is 5.28. The molecule has 0 unspecified atom stereocenters. The second-order valence-corrected chi connectivity index (χ2v) is 5.28. The van der Waals surface area contributed by atoms with E-state index in [1.165, 1.54) is 24.3 Å². The molecule has 0 aliphatic heterocycles. The molecule has 24 heavy (non-hydrogen) atoms. The Morgan fingerprint density at radius 3 is 3.00 bits per heavy atom. The number of aliphatic hydroxyl groups excluding tert-OH is 1. The lowest BCUT2D eigenvalue weighted by molar-refractivity contribution is 0.0923. The Balaban J connectivity index is 1.77. The molecule has 0 spiro atoms. The lowest BCUT2D eigenvalue weighted by atomic mass is 10.2. The largest absolute Gasteiger partial charge is 0.411 e. The first-order valence-electron chi connectivity index (χ1n) is 7.31. The van der Waals surface area contributed by atoms with Gasteiger partial charge < -0.3 is 19.6 Å². The third kappa shape index (κ3) is 3.69. The summed E-state index contributed by atoms with van der Waals surface area (Å²) in [5.74, 6) is -0.396. The first-order chi connectivity index (χ1) is 11.5. The fourth-order valence-electron chi connectivity index (χ4n) is 2.07. The number of halogens is 1. The fourth-order valence-corrected chi connectivity index (χ4v) is 2.07. The number of oxazole rings is 1. The van der Waals surface area contributed by atoms with E-state index >= 15 is 0 Å². The Morgan fingerprint density at radius 2 is 2.21 bits per heavy atom. The Morgan fingerprint density at radius 1 is 1.38 bits per heavy atom. The van der Waals surface area contributed by atoms with E-state index < -0.39 is 11.9 Å². The molecule has 0 saturated carbocycles. The summed E-state index contributed by atoms with van der Waals surface area (Å²) in [7, 11) is 0. The molecular weight excluding hydrogens is 315 g/mol. The maximum atomic E-state index is 13.2. The zero-order valence-electron chi connectivity index (χ0n) is 12.8. The van der Waals surface area contributed by atoms with E-state index in [2.05, 4.69) is 10.3 Å². The van der Waals surface area contributed by atoms with Gasteiger partial charge in [0.05, 0.1) is 6.10 Å². The molecule has 1 amide bonds. The summed E-state index contributed by atoms with van der Waals surface area (Å²) in [6.07, 6.45) is -0.675. The number of carbonyl (C=O) groups excluding carboxylic acids is 1. The smallest absolute Gasteiger partial charge is 0.400 e. The first-order valence-corrected chi connectivity index (χ1v) is 7.31. The lowest BCUT2D eigenvalue weighted by Crippen LogP contribution is -2.30. The minimum Gasteiger partial charge on any atom is -0.411 e. The number of fused-ring (bicyclic) bond motifs is 1. The van der Waals surface area contributed by atoms with E-state index in [1.54, 1.807) is 25.1 Å². The number of ether oxygens (including phenoxy) is 1. The molecule has 0 bridgehead atoms. The molecule has 0 aliphatic rings. The molecule has 0 aliphatic carbocycles. The number of nitrogens with zero attached hydrogens (tertiary/aromatic N) is 1. The van der Waals surface area contributed by atoms with Crippen molar-refractivity contribution in [2.45, 2.75) is 13.0 Å². The summed E-state index contributed by atoms with van der Waals surface area (Å²) in [6.45, 7) is 1.73. The van der Waals surface area contributed by atoms with E-state index in [0.29, 0.717) is 22.4 Å². The third-order valence-electron chi connectivity index (χ3n) is 3.19. The molecule has 0 radical (unpaired) electrons. The van der Waals surface area contributed by atoms with E-state index in [4.69, 9.17) is 9.15 Å². The van der Waals surface area contributed by atoms with Gasteiger partial charge in [0, 0.05) is 18.2 Å². The van der Waals surface area contributed by atoms with Gasteiger partial charge in [-0.1, -0.05) is 6.07 Å². The van der Waals surface area contributed by atoms with Gasteiger partial charge in [0.2, 0.25) is 0 Å². The van der Waals surface area contributed by atoms with E-state index in [1.807, 2.05) is 0 Å². The zero-order valence-corrected chi connectivity index (χ0v) is 12.8. The van der Waals surface area contributed by atoms with Crippen molar-refractivity contribution in [2.24, 2.45) is 0 Å². The molecule has 7 heteroatoms. The van der Waals surface area contributed by atoms with Crippen LogP contribution in [-0.2, 0) is 0 Å². The van der Waals surface area contributed by atoms with Crippen LogP contribution in [0.5, 0.6) is 11.8 Å². The predicted octanol–water partition coefficient (Wildman–Crippen LogP) is 2.87. The normalized spacial score (nSPS) is 12.1. The van der Waals surface area contributed by atoms with Crippen molar-refractivity contribution in [1.29, 1.82) is 0 Å². The summed E-state index contributed by atoms with van der Waals surface area (Å²) in [6, 6.07) is 10.4. The molecule has 3 rings (SSSR count). The number of carbonyl (C=O) groups is 1. The van der Waals surface area contributed by atoms with Crippen LogP contribution >= 0.6 is 0 Å². The number of amides is 1. The van der Waals surface area contributed by atoms with Gasteiger partial charge in [0.25, 0.3) is 5.91 Å². The summed E-state index contributed by atoms with van der Waals surface area (Å²) in [5, 5.41) is 11.8. The Kier molecular flexibility index (Phi) is 4.43. The minimum atomic E-state index is -0.631. The van der Waals surface area contributed by atoms with Crippen molar-refractivity contribution in [1.82, 2.24) is 10.3 Å². The maximum absolute atomic E-state index is 13.2. The van der Waals surface area contributed by atoms with E-state index in [-0.39, 0.29) is 18.5 Å². The number of nitrogens with one attached hydrogen (secondary N) is 1. The quantitative estimate of drug-likeness (QED) is 0.751. The van der Waals surface area contributed by atoms with Crippen LogP contribution in [0.4, 0.5) is 4.39 Å². The van der Waals surface area contributed by atoms with E-state index in [9.17, 15) is 14.3 Å². The molecule has 2 aromatic carbocycles. The molecule has 0 fully saturated rings. The molecule has 0 saturated heterocycles. The molecule has 2 N–H and O–H groups in total. The number of aliphatic hydroxyl groups is 1. The number of hydrogen-bond donors (Lipinski definition) is 2. The van der Waals surface area contributed by atoms with Gasteiger partial charge in [-0.2, -0.15) is 4.98 Å². The number of benzene rings is 2. The fraction of sp³-hybridized carbons (Fsp3) is 0.176. The van der Waals surface area contributed by atoms with Crippen LogP contribution in [0.1, 0.15) is 17.3 Å². The maximum Gasteiger partial charge on any atom is 0.400 e. The first kappa shape index (κ1) is 15.9. The van der Waals surface area contributed by atoms with Crippen molar-refractivity contribution < 1.29 is 23.4 Å². The van der Waals surface area contributed by atoms with Crippen molar-refractivity contribution >= 4 is 17.0 Å². The summed E-state index contributed by atoms with van der Waals surface area (Å²) >= 11 is 0. The van der Waals surface area contributed by atoms with Gasteiger partial charge in [0.15, 0.2) is 5.58 Å². The Labute approximate surface area is 136 Å². The topological polar surface area (TPSA) is 84.6 Å². The molecule has 3 aromatic rings. The van der Waals surface area contributed by atoms with Crippen LogP contribution in [0.2, 0.25) is 0 Å². The van der Waals surface area contributed by atoms with Crippen molar-refractivity contribution in [3.63, 3.8) is 0 Å². The molecule has 1 aromatic heterocycles. The van der Waals surface area contributed by atoms with Gasteiger partial charge in [-0.3, -0.25) is 4.79 Å². The summed E-state index contributed by atoms with van der Waals surface area (Å²) < 4.78 is 24.0. The van der Waals surface area contributed by atoms with Gasteiger partial charge in [-0.25, -0.2) is 4.39 Å². The van der Waals surface area contributed by atoms with Gasteiger partial charge in [-0.05, 0) is 37.3 Å². The monoisotopic (exact) mass is 330 g/mol. The highest BCUT2D eigenvalue weighted by Gasteiger charge is 2.11. The van der Waals surface area contributed by atoms with Crippen LogP contribution in [0, 0.1) is 5.82 Å². The third-order valence-corrected chi connectivity index (χ3v) is 3.19.